The van der Waals surface area contributed by atoms with Gasteiger partial charge in [0.25, 0.3) is 0 Å². The van der Waals surface area contributed by atoms with E-state index in [9.17, 15) is 9.59 Å². The quantitative estimate of drug-likeness (QED) is 0.672. The van der Waals surface area contributed by atoms with E-state index in [0.29, 0.717) is 29.2 Å². The van der Waals surface area contributed by atoms with Crippen molar-refractivity contribution in [2.24, 2.45) is 0 Å². The summed E-state index contributed by atoms with van der Waals surface area (Å²) < 4.78 is 10.2. The number of esters is 1. The highest BCUT2D eigenvalue weighted by atomic mass is 16.5. The second-order valence-corrected chi connectivity index (χ2v) is 4.63. The minimum atomic E-state index is -0.844. The number of carbonyl (C=O) groups is 2. The average molecular weight is 289 g/mol. The zero-order valence-electron chi connectivity index (χ0n) is 11.8. The number of carboxylic acids is 1. The molecule has 0 fully saturated rings. The van der Waals surface area contributed by atoms with E-state index >= 15 is 0 Å². The van der Waals surface area contributed by atoms with Crippen LogP contribution in [0.3, 0.4) is 0 Å². The third-order valence-electron chi connectivity index (χ3n) is 3.00. The molecular formula is C15H15NO5. The number of carboxylic acid groups (broad SMARTS) is 1. The van der Waals surface area contributed by atoms with Crippen LogP contribution in [-0.2, 0) is 11.2 Å². The molecule has 0 radical (unpaired) electrons. The largest absolute Gasteiger partial charge is 0.481 e. The predicted octanol–water partition coefficient (Wildman–Crippen LogP) is 2.53. The van der Waals surface area contributed by atoms with Crippen molar-refractivity contribution in [2.75, 3.05) is 0 Å². The van der Waals surface area contributed by atoms with Crippen LogP contribution >= 0.6 is 0 Å². The highest BCUT2D eigenvalue weighted by Gasteiger charge is 2.19. The van der Waals surface area contributed by atoms with E-state index in [0.717, 1.165) is 5.56 Å². The van der Waals surface area contributed by atoms with Gasteiger partial charge in [0.05, 0.1) is 5.69 Å². The Morgan fingerprint density at radius 3 is 2.43 bits per heavy atom. The Kier molecular flexibility index (Phi) is 4.37. The molecule has 21 heavy (non-hydrogen) atoms. The Morgan fingerprint density at radius 2 is 1.90 bits per heavy atom. The average Bonchev–Trinajstić information content (AvgIpc) is 2.77. The van der Waals surface area contributed by atoms with Gasteiger partial charge in [-0.2, -0.15) is 0 Å². The van der Waals surface area contributed by atoms with Gasteiger partial charge in [-0.05, 0) is 38.0 Å². The van der Waals surface area contributed by atoms with E-state index in [1.807, 2.05) is 0 Å². The number of ether oxygens (including phenoxy) is 1. The van der Waals surface area contributed by atoms with E-state index in [1.165, 1.54) is 0 Å². The van der Waals surface area contributed by atoms with Crippen molar-refractivity contribution in [3.8, 4) is 5.75 Å². The van der Waals surface area contributed by atoms with Crippen LogP contribution in [0.1, 0.15) is 33.8 Å². The summed E-state index contributed by atoms with van der Waals surface area (Å²) >= 11 is 0. The van der Waals surface area contributed by atoms with Crippen molar-refractivity contribution in [1.82, 2.24) is 5.16 Å². The molecule has 1 N–H and O–H groups in total. The first-order chi connectivity index (χ1) is 9.97. The molecule has 1 heterocycles. The standard InChI is InChI=1S/C15H15NO5/c1-9-14(10(2)21-16-9)15(19)20-12-6-3-11(4-7-12)5-8-13(17)18/h3-4,6-7H,5,8H2,1-2H3,(H,17,18). The van der Waals surface area contributed by atoms with Crippen molar-refractivity contribution in [1.29, 1.82) is 0 Å². The lowest BCUT2D eigenvalue weighted by Gasteiger charge is -2.05. The van der Waals surface area contributed by atoms with Gasteiger partial charge in [-0.15, -0.1) is 0 Å². The van der Waals surface area contributed by atoms with Crippen molar-refractivity contribution in [3.05, 3.63) is 46.8 Å². The number of rotatable bonds is 5. The number of nitrogens with zero attached hydrogens (tertiary/aromatic N) is 1. The summed E-state index contributed by atoms with van der Waals surface area (Å²) in [5, 5.41) is 12.3. The van der Waals surface area contributed by atoms with Crippen molar-refractivity contribution in [3.63, 3.8) is 0 Å². The van der Waals surface area contributed by atoms with Crippen molar-refractivity contribution >= 4 is 11.9 Å². The van der Waals surface area contributed by atoms with Gasteiger partial charge in [0.15, 0.2) is 0 Å². The molecule has 0 atom stereocenters. The van der Waals surface area contributed by atoms with Crippen molar-refractivity contribution < 1.29 is 24.0 Å². The van der Waals surface area contributed by atoms with E-state index in [1.54, 1.807) is 38.1 Å². The van der Waals surface area contributed by atoms with Crippen LogP contribution < -0.4 is 4.74 Å². The molecule has 6 nitrogen and oxygen atoms in total. The second-order valence-electron chi connectivity index (χ2n) is 4.63. The lowest BCUT2D eigenvalue weighted by Crippen LogP contribution is -2.10. The first-order valence-electron chi connectivity index (χ1n) is 6.43. The smallest absolute Gasteiger partial charge is 0.349 e. The molecule has 0 saturated carbocycles. The number of benzene rings is 1. The Morgan fingerprint density at radius 1 is 1.24 bits per heavy atom. The summed E-state index contributed by atoms with van der Waals surface area (Å²) in [5.74, 6) is -0.567. The number of aryl methyl sites for hydroxylation is 3. The SMILES string of the molecule is Cc1noc(C)c1C(=O)Oc1ccc(CCC(=O)O)cc1. The molecule has 0 aliphatic rings. The molecule has 0 amide bonds. The van der Waals surface area contributed by atoms with E-state index in [-0.39, 0.29) is 6.42 Å². The fourth-order valence-electron chi connectivity index (χ4n) is 1.91. The molecule has 2 aromatic rings. The zero-order chi connectivity index (χ0) is 15.4. The maximum atomic E-state index is 12.0. The Bertz CT molecular complexity index is 638. The summed E-state index contributed by atoms with van der Waals surface area (Å²) in [6.07, 6.45) is 0.506. The maximum absolute atomic E-state index is 12.0. The number of aromatic nitrogens is 1. The van der Waals surface area contributed by atoms with Gasteiger partial charge >= 0.3 is 11.9 Å². The lowest BCUT2D eigenvalue weighted by molar-refractivity contribution is -0.136. The van der Waals surface area contributed by atoms with E-state index < -0.39 is 11.9 Å². The molecule has 0 aliphatic carbocycles. The first kappa shape index (κ1) is 14.8. The molecule has 110 valence electrons. The van der Waals surface area contributed by atoms with Crippen LogP contribution in [0.2, 0.25) is 0 Å². The summed E-state index contributed by atoms with van der Waals surface area (Å²) in [6, 6.07) is 6.73. The molecule has 0 saturated heterocycles. The van der Waals surface area contributed by atoms with E-state index in [4.69, 9.17) is 14.4 Å². The number of hydrogen-bond donors (Lipinski definition) is 1. The van der Waals surface area contributed by atoms with Crippen LogP contribution in [0.15, 0.2) is 28.8 Å². The molecule has 6 heteroatoms. The highest BCUT2D eigenvalue weighted by Crippen LogP contribution is 2.18. The fraction of sp³-hybridized carbons (Fsp3) is 0.267. The van der Waals surface area contributed by atoms with Crippen molar-refractivity contribution in [2.45, 2.75) is 26.7 Å². The summed E-state index contributed by atoms with van der Waals surface area (Å²) in [6.45, 7) is 3.31. The van der Waals surface area contributed by atoms with Gasteiger partial charge in [-0.1, -0.05) is 17.3 Å². The maximum Gasteiger partial charge on any atom is 0.349 e. The lowest BCUT2D eigenvalue weighted by atomic mass is 10.1. The second kappa shape index (κ2) is 6.21. The molecular weight excluding hydrogens is 274 g/mol. The topological polar surface area (TPSA) is 89.6 Å². The monoisotopic (exact) mass is 289 g/mol. The van der Waals surface area contributed by atoms with Gasteiger partial charge < -0.3 is 14.4 Å². The minimum absolute atomic E-state index is 0.0677. The highest BCUT2D eigenvalue weighted by molar-refractivity contribution is 5.93. The third-order valence-corrected chi connectivity index (χ3v) is 3.00. The normalized spacial score (nSPS) is 10.4. The Labute approximate surface area is 121 Å². The number of aliphatic carboxylic acids is 1. The molecule has 1 aromatic heterocycles. The predicted molar refractivity (Wildman–Crippen MR) is 73.3 cm³/mol. The van der Waals surface area contributed by atoms with Crippen LogP contribution in [0, 0.1) is 13.8 Å². The summed E-state index contributed by atoms with van der Waals surface area (Å²) in [7, 11) is 0. The summed E-state index contributed by atoms with van der Waals surface area (Å²) in [4.78, 5) is 22.5. The van der Waals surface area contributed by atoms with Crippen LogP contribution in [0.5, 0.6) is 5.75 Å². The molecule has 0 bridgehead atoms. The van der Waals surface area contributed by atoms with Gasteiger partial charge in [0, 0.05) is 6.42 Å². The van der Waals surface area contributed by atoms with Gasteiger partial charge in [-0.3, -0.25) is 4.79 Å². The number of carbonyl (C=O) groups excluding carboxylic acids is 1. The Balaban J connectivity index is 2.03. The van der Waals surface area contributed by atoms with Gasteiger partial charge in [0.1, 0.15) is 17.1 Å². The summed E-state index contributed by atoms with van der Waals surface area (Å²) in [5.41, 5.74) is 1.68. The third kappa shape index (κ3) is 3.68. The fourth-order valence-corrected chi connectivity index (χ4v) is 1.91. The minimum Gasteiger partial charge on any atom is -0.481 e. The van der Waals surface area contributed by atoms with Crippen LogP contribution in [-0.4, -0.2) is 22.2 Å². The molecule has 2 rings (SSSR count). The molecule has 0 aliphatic heterocycles. The zero-order valence-corrected chi connectivity index (χ0v) is 11.8. The molecule has 0 unspecified atom stereocenters. The van der Waals surface area contributed by atoms with E-state index in [2.05, 4.69) is 5.16 Å². The van der Waals surface area contributed by atoms with Gasteiger partial charge in [0.2, 0.25) is 0 Å². The van der Waals surface area contributed by atoms with Gasteiger partial charge in [-0.25, -0.2) is 4.79 Å². The molecule has 0 spiro atoms. The van der Waals surface area contributed by atoms with Crippen LogP contribution in [0.25, 0.3) is 0 Å². The number of hydrogen-bond acceptors (Lipinski definition) is 5. The first-order valence-corrected chi connectivity index (χ1v) is 6.43. The van der Waals surface area contributed by atoms with Crippen LogP contribution in [0.4, 0.5) is 0 Å². The Hall–Kier alpha value is -2.63. The molecule has 1 aromatic carbocycles.